The molecule has 1 saturated heterocycles. The van der Waals surface area contributed by atoms with E-state index in [9.17, 15) is 19.8 Å². The SMILES string of the molecule is Cc1cc2nc(N3C(=O)C(=O)/C(=C(/O)c4ccc5c(c4)CCCO5)C3c3ccc(O)cc3)sc2cc1C. The highest BCUT2D eigenvalue weighted by Gasteiger charge is 2.48. The fourth-order valence-electron chi connectivity index (χ4n) is 4.94. The number of thiazole rings is 1. The molecule has 1 atom stereocenters. The second kappa shape index (κ2) is 8.74. The molecule has 8 heteroatoms. The van der Waals surface area contributed by atoms with Crippen molar-refractivity contribution in [1.29, 1.82) is 0 Å². The maximum Gasteiger partial charge on any atom is 0.301 e. The fourth-order valence-corrected chi connectivity index (χ4v) is 6.01. The predicted octanol–water partition coefficient (Wildman–Crippen LogP) is 5.57. The number of hydrogen-bond donors (Lipinski definition) is 2. The molecule has 7 nitrogen and oxygen atoms in total. The van der Waals surface area contributed by atoms with Crippen LogP contribution >= 0.6 is 11.3 Å². The summed E-state index contributed by atoms with van der Waals surface area (Å²) in [7, 11) is 0. The number of ketones is 1. The zero-order valence-electron chi connectivity index (χ0n) is 20.3. The minimum atomic E-state index is -0.907. The average molecular weight is 513 g/mol. The number of aromatic nitrogens is 1. The van der Waals surface area contributed by atoms with Crippen molar-refractivity contribution in [3.63, 3.8) is 0 Å². The number of aromatic hydroxyl groups is 1. The number of amides is 1. The number of nitrogens with zero attached hydrogens (tertiary/aromatic N) is 2. The van der Waals surface area contributed by atoms with Gasteiger partial charge in [0.2, 0.25) is 0 Å². The van der Waals surface area contributed by atoms with Crippen molar-refractivity contribution in [3.05, 3.63) is 88.0 Å². The molecule has 0 radical (unpaired) electrons. The van der Waals surface area contributed by atoms with Gasteiger partial charge in [-0.3, -0.25) is 14.5 Å². The number of carbonyl (C=O) groups is 2. The van der Waals surface area contributed by atoms with Gasteiger partial charge in [-0.25, -0.2) is 4.98 Å². The van der Waals surface area contributed by atoms with E-state index in [1.165, 1.54) is 28.4 Å². The van der Waals surface area contributed by atoms with E-state index in [1.807, 2.05) is 32.0 Å². The number of anilines is 1. The molecule has 3 heterocycles. The number of Topliss-reactive ketones (excluding diaryl/α,β-unsaturated/α-hetero) is 1. The lowest BCUT2D eigenvalue weighted by Crippen LogP contribution is -2.29. The third-order valence-electron chi connectivity index (χ3n) is 7.03. The van der Waals surface area contributed by atoms with Crippen LogP contribution in [0.2, 0.25) is 0 Å². The van der Waals surface area contributed by atoms with Crippen molar-refractivity contribution in [2.45, 2.75) is 32.7 Å². The van der Waals surface area contributed by atoms with Gasteiger partial charge in [0.25, 0.3) is 5.78 Å². The molecular weight excluding hydrogens is 488 g/mol. The Morgan fingerprint density at radius 1 is 1.05 bits per heavy atom. The summed E-state index contributed by atoms with van der Waals surface area (Å²) in [5.41, 5.74) is 4.88. The number of carbonyl (C=O) groups excluding carboxylic acids is 2. The van der Waals surface area contributed by atoms with E-state index in [0.29, 0.717) is 22.9 Å². The Morgan fingerprint density at radius 2 is 1.81 bits per heavy atom. The molecule has 37 heavy (non-hydrogen) atoms. The molecule has 186 valence electrons. The van der Waals surface area contributed by atoms with E-state index in [0.717, 1.165) is 45.5 Å². The van der Waals surface area contributed by atoms with Crippen LogP contribution in [0.3, 0.4) is 0 Å². The Kier molecular flexibility index (Phi) is 5.49. The first kappa shape index (κ1) is 23.2. The smallest absolute Gasteiger partial charge is 0.301 e. The van der Waals surface area contributed by atoms with Gasteiger partial charge in [-0.15, -0.1) is 0 Å². The lowest BCUT2D eigenvalue weighted by molar-refractivity contribution is -0.132. The summed E-state index contributed by atoms with van der Waals surface area (Å²) >= 11 is 1.32. The summed E-state index contributed by atoms with van der Waals surface area (Å²) in [5.74, 6) is -0.968. The summed E-state index contributed by atoms with van der Waals surface area (Å²) in [6.45, 7) is 4.66. The number of aryl methyl sites for hydroxylation is 3. The zero-order chi connectivity index (χ0) is 25.8. The number of rotatable bonds is 3. The van der Waals surface area contributed by atoms with Crippen LogP contribution in [0.25, 0.3) is 16.0 Å². The highest BCUT2D eigenvalue weighted by atomic mass is 32.1. The maximum atomic E-state index is 13.5. The first-order valence-electron chi connectivity index (χ1n) is 12.1. The summed E-state index contributed by atoms with van der Waals surface area (Å²) in [4.78, 5) is 33.0. The largest absolute Gasteiger partial charge is 0.508 e. The standard InChI is InChI=1S/C29H24N2O5S/c1-15-12-21-23(13-16(15)2)37-29(30-21)31-25(17-5-8-20(32)9-6-17)24(27(34)28(31)35)26(33)19-7-10-22-18(14-19)4-3-11-36-22/h5-10,12-14,25,32-33H,3-4,11H2,1-2H3/b26-24+. The van der Waals surface area contributed by atoms with E-state index in [-0.39, 0.29) is 17.1 Å². The summed E-state index contributed by atoms with van der Waals surface area (Å²) in [6.07, 6.45) is 1.67. The third-order valence-corrected chi connectivity index (χ3v) is 8.05. The first-order valence-corrected chi connectivity index (χ1v) is 12.9. The van der Waals surface area contributed by atoms with E-state index < -0.39 is 17.7 Å². The molecular formula is C29H24N2O5S. The van der Waals surface area contributed by atoms with Gasteiger partial charge in [-0.05, 0) is 91.4 Å². The van der Waals surface area contributed by atoms with Crippen LogP contribution in [-0.4, -0.2) is 33.5 Å². The van der Waals surface area contributed by atoms with Crippen LogP contribution in [0.5, 0.6) is 11.5 Å². The minimum absolute atomic E-state index is 0.0148. The zero-order valence-corrected chi connectivity index (χ0v) is 21.1. The Hall–Kier alpha value is -4.17. The highest BCUT2D eigenvalue weighted by molar-refractivity contribution is 7.22. The van der Waals surface area contributed by atoms with E-state index in [1.54, 1.807) is 24.3 Å². The van der Waals surface area contributed by atoms with Gasteiger partial charge in [0, 0.05) is 5.56 Å². The van der Waals surface area contributed by atoms with Gasteiger partial charge >= 0.3 is 5.91 Å². The van der Waals surface area contributed by atoms with Crippen LogP contribution < -0.4 is 9.64 Å². The second-order valence-corrected chi connectivity index (χ2v) is 10.4. The predicted molar refractivity (Wildman–Crippen MR) is 142 cm³/mol. The van der Waals surface area contributed by atoms with Crippen LogP contribution in [0.1, 0.15) is 40.3 Å². The number of aliphatic hydroxyl groups is 1. The minimum Gasteiger partial charge on any atom is -0.508 e. The number of hydrogen-bond acceptors (Lipinski definition) is 7. The lowest BCUT2D eigenvalue weighted by Gasteiger charge is -2.23. The Labute approximate surface area is 217 Å². The quantitative estimate of drug-likeness (QED) is 0.212. The third kappa shape index (κ3) is 3.84. The molecule has 1 fully saturated rings. The molecule has 4 aromatic rings. The van der Waals surface area contributed by atoms with Crippen molar-refractivity contribution in [3.8, 4) is 11.5 Å². The van der Waals surface area contributed by atoms with E-state index in [2.05, 4.69) is 0 Å². The number of aliphatic hydroxyl groups excluding tert-OH is 1. The van der Waals surface area contributed by atoms with Gasteiger partial charge in [-0.1, -0.05) is 23.5 Å². The molecule has 6 rings (SSSR count). The molecule has 2 aliphatic heterocycles. The molecule has 0 aliphatic carbocycles. The number of benzene rings is 3. The first-order chi connectivity index (χ1) is 17.8. The monoisotopic (exact) mass is 512 g/mol. The number of phenolic OH excluding ortho intramolecular Hbond substituents is 1. The molecule has 0 spiro atoms. The van der Waals surface area contributed by atoms with Crippen LogP contribution in [0.15, 0.2) is 60.2 Å². The number of phenols is 1. The Bertz CT molecular complexity index is 1580. The van der Waals surface area contributed by atoms with E-state index in [4.69, 9.17) is 9.72 Å². The Morgan fingerprint density at radius 3 is 2.59 bits per heavy atom. The normalized spacial score (nSPS) is 18.8. The molecule has 0 saturated carbocycles. The van der Waals surface area contributed by atoms with Crippen molar-refractivity contribution in [2.75, 3.05) is 11.5 Å². The Balaban J connectivity index is 1.54. The fraction of sp³-hybridized carbons (Fsp3) is 0.207. The molecule has 1 unspecified atom stereocenters. The van der Waals surface area contributed by atoms with Crippen molar-refractivity contribution >= 4 is 44.1 Å². The van der Waals surface area contributed by atoms with Crippen LogP contribution in [0, 0.1) is 13.8 Å². The van der Waals surface area contributed by atoms with E-state index >= 15 is 0 Å². The highest BCUT2D eigenvalue weighted by Crippen LogP contribution is 2.45. The van der Waals surface area contributed by atoms with Gasteiger partial charge in [0.15, 0.2) is 5.13 Å². The summed E-state index contributed by atoms with van der Waals surface area (Å²) < 4.78 is 6.59. The van der Waals surface area contributed by atoms with Crippen molar-refractivity contribution < 1.29 is 24.5 Å². The lowest BCUT2D eigenvalue weighted by atomic mass is 9.94. The summed E-state index contributed by atoms with van der Waals surface area (Å²) in [5, 5.41) is 21.7. The maximum absolute atomic E-state index is 13.5. The van der Waals surface area contributed by atoms with Gasteiger partial charge in [0.05, 0.1) is 28.4 Å². The average Bonchev–Trinajstić information content (AvgIpc) is 3.41. The summed E-state index contributed by atoms with van der Waals surface area (Å²) in [6, 6.07) is 14.7. The molecule has 3 aromatic carbocycles. The molecule has 2 N–H and O–H groups in total. The van der Waals surface area contributed by atoms with Gasteiger partial charge < -0.3 is 14.9 Å². The number of fused-ring (bicyclic) bond motifs is 2. The second-order valence-electron chi connectivity index (χ2n) is 9.44. The molecule has 2 aliphatic rings. The van der Waals surface area contributed by atoms with Crippen molar-refractivity contribution in [1.82, 2.24) is 4.98 Å². The van der Waals surface area contributed by atoms with Crippen LogP contribution in [-0.2, 0) is 16.0 Å². The van der Waals surface area contributed by atoms with Crippen LogP contribution in [0.4, 0.5) is 5.13 Å². The topological polar surface area (TPSA) is 100.0 Å². The number of ether oxygens (including phenoxy) is 1. The molecule has 1 aromatic heterocycles. The molecule has 0 bridgehead atoms. The van der Waals surface area contributed by atoms with Crippen molar-refractivity contribution in [2.24, 2.45) is 0 Å². The van der Waals surface area contributed by atoms with Gasteiger partial charge in [0.1, 0.15) is 17.3 Å². The molecule has 1 amide bonds. The van der Waals surface area contributed by atoms with Gasteiger partial charge in [-0.2, -0.15) is 0 Å².